The number of benzene rings is 1. The van der Waals surface area contributed by atoms with Crippen molar-refractivity contribution in [3.05, 3.63) is 29.8 Å². The average molecular weight is 298 g/mol. The molecule has 0 bridgehead atoms. The Labute approximate surface area is 118 Å². The van der Waals surface area contributed by atoms with E-state index in [4.69, 9.17) is 13.8 Å². The maximum absolute atomic E-state index is 12.9. The zero-order chi connectivity index (χ0) is 14.8. The highest BCUT2D eigenvalue weighted by Crippen LogP contribution is 2.59. The summed E-state index contributed by atoms with van der Waals surface area (Å²) in [7, 11) is -3.54. The molecule has 1 aliphatic heterocycles. The van der Waals surface area contributed by atoms with E-state index in [1.54, 1.807) is 26.0 Å². The third-order valence-electron chi connectivity index (χ3n) is 3.29. The highest BCUT2D eigenvalue weighted by molar-refractivity contribution is 7.55. The molecular formula is C14H19O5P. The fourth-order valence-electron chi connectivity index (χ4n) is 2.45. The summed E-state index contributed by atoms with van der Waals surface area (Å²) < 4.78 is 28.7. The Morgan fingerprint density at radius 3 is 2.40 bits per heavy atom. The lowest BCUT2D eigenvalue weighted by atomic mass is 9.94. The van der Waals surface area contributed by atoms with Crippen LogP contribution in [0.1, 0.15) is 32.3 Å². The van der Waals surface area contributed by atoms with Gasteiger partial charge in [-0.25, -0.2) is 0 Å². The third kappa shape index (κ3) is 2.66. The van der Waals surface area contributed by atoms with Crippen molar-refractivity contribution < 1.29 is 23.1 Å². The standard InChI is InChI=1S/C14H19O5P/c1-4-17-20(16,18-5-2)13-10(3)11-8-6-7-9-12(11)19-14(13)15/h6-10,13H,4-5H2,1-3H3/t10-,13+/m0/s1. The van der Waals surface area contributed by atoms with Crippen LogP contribution in [0.2, 0.25) is 0 Å². The van der Waals surface area contributed by atoms with Gasteiger partial charge in [-0.05, 0) is 25.5 Å². The number of carbonyl (C=O) groups is 1. The molecule has 2 atom stereocenters. The van der Waals surface area contributed by atoms with E-state index in [9.17, 15) is 9.36 Å². The molecule has 0 aliphatic carbocycles. The van der Waals surface area contributed by atoms with Crippen LogP contribution in [0.5, 0.6) is 5.75 Å². The molecule has 6 heteroatoms. The Bertz CT molecular complexity index is 532. The molecule has 1 aromatic rings. The first-order valence-corrected chi connectivity index (χ1v) is 8.34. The maximum atomic E-state index is 12.9. The van der Waals surface area contributed by atoms with E-state index in [-0.39, 0.29) is 19.1 Å². The zero-order valence-corrected chi connectivity index (χ0v) is 12.8. The summed E-state index contributed by atoms with van der Waals surface area (Å²) in [6, 6.07) is 7.25. The number of ether oxygens (including phenoxy) is 1. The molecule has 0 amide bonds. The van der Waals surface area contributed by atoms with Gasteiger partial charge in [-0.3, -0.25) is 9.36 Å². The van der Waals surface area contributed by atoms with Crippen LogP contribution in [0, 0.1) is 0 Å². The van der Waals surface area contributed by atoms with Crippen LogP contribution in [0.25, 0.3) is 0 Å². The van der Waals surface area contributed by atoms with Crippen molar-refractivity contribution in [1.82, 2.24) is 0 Å². The Kier molecular flexibility index (Phi) is 4.63. The Morgan fingerprint density at radius 1 is 1.20 bits per heavy atom. The van der Waals surface area contributed by atoms with Crippen molar-refractivity contribution in [3.63, 3.8) is 0 Å². The lowest BCUT2D eigenvalue weighted by Gasteiger charge is -2.33. The van der Waals surface area contributed by atoms with Crippen LogP contribution in [0.3, 0.4) is 0 Å². The van der Waals surface area contributed by atoms with Crippen molar-refractivity contribution in [3.8, 4) is 5.75 Å². The third-order valence-corrected chi connectivity index (χ3v) is 5.87. The van der Waals surface area contributed by atoms with Crippen molar-refractivity contribution in [2.24, 2.45) is 0 Å². The first-order valence-electron chi connectivity index (χ1n) is 6.73. The fourth-order valence-corrected chi connectivity index (χ4v) is 4.59. The van der Waals surface area contributed by atoms with Crippen molar-refractivity contribution in [2.75, 3.05) is 13.2 Å². The molecule has 20 heavy (non-hydrogen) atoms. The quantitative estimate of drug-likeness (QED) is 0.474. The molecule has 5 nitrogen and oxygen atoms in total. The molecule has 0 N–H and O–H groups in total. The number of rotatable bonds is 5. The molecule has 0 saturated heterocycles. The van der Waals surface area contributed by atoms with Gasteiger partial charge < -0.3 is 13.8 Å². The molecule has 110 valence electrons. The summed E-state index contributed by atoms with van der Waals surface area (Å²) in [5.41, 5.74) is -0.0750. The number of hydrogen-bond acceptors (Lipinski definition) is 5. The van der Waals surface area contributed by atoms with Crippen LogP contribution in [0.4, 0.5) is 0 Å². The van der Waals surface area contributed by atoms with Gasteiger partial charge >= 0.3 is 13.6 Å². The number of para-hydroxylation sites is 1. The fraction of sp³-hybridized carbons (Fsp3) is 0.500. The molecule has 0 unspecified atom stereocenters. The minimum absolute atomic E-state index is 0.218. The number of fused-ring (bicyclic) bond motifs is 1. The van der Waals surface area contributed by atoms with Gasteiger partial charge in [0.2, 0.25) is 0 Å². The van der Waals surface area contributed by atoms with E-state index in [0.29, 0.717) is 5.75 Å². The summed E-state index contributed by atoms with van der Waals surface area (Å²) in [6.45, 7) is 5.72. The molecule has 1 aliphatic rings. The van der Waals surface area contributed by atoms with E-state index in [0.717, 1.165) is 5.56 Å². The molecule has 0 aromatic heterocycles. The number of hydrogen-bond donors (Lipinski definition) is 0. The van der Waals surface area contributed by atoms with Gasteiger partial charge in [0.1, 0.15) is 5.75 Å². The second kappa shape index (κ2) is 6.08. The summed E-state index contributed by atoms with van der Waals surface area (Å²) in [4.78, 5) is 12.2. The summed E-state index contributed by atoms with van der Waals surface area (Å²) in [5, 5.41) is 0. The van der Waals surface area contributed by atoms with Crippen LogP contribution >= 0.6 is 7.60 Å². The van der Waals surface area contributed by atoms with Gasteiger partial charge in [-0.1, -0.05) is 25.1 Å². The van der Waals surface area contributed by atoms with Gasteiger partial charge in [-0.15, -0.1) is 0 Å². The van der Waals surface area contributed by atoms with Gasteiger partial charge in [0.15, 0.2) is 5.66 Å². The first kappa shape index (κ1) is 15.2. The molecule has 0 spiro atoms. The lowest BCUT2D eigenvalue weighted by Crippen LogP contribution is -2.36. The highest BCUT2D eigenvalue weighted by Gasteiger charge is 2.49. The maximum Gasteiger partial charge on any atom is 0.345 e. The van der Waals surface area contributed by atoms with E-state index in [1.165, 1.54) is 0 Å². The Hall–Kier alpha value is -1.16. The summed E-state index contributed by atoms with van der Waals surface area (Å²) in [6.07, 6.45) is 0. The molecule has 0 fully saturated rings. The smallest absolute Gasteiger partial charge is 0.345 e. The van der Waals surface area contributed by atoms with Crippen molar-refractivity contribution >= 4 is 13.6 Å². The van der Waals surface area contributed by atoms with Crippen LogP contribution in [-0.4, -0.2) is 24.8 Å². The number of carbonyl (C=O) groups excluding carboxylic acids is 1. The van der Waals surface area contributed by atoms with E-state index < -0.39 is 19.2 Å². The van der Waals surface area contributed by atoms with Gasteiger partial charge in [0.05, 0.1) is 13.2 Å². The number of esters is 1. The van der Waals surface area contributed by atoms with E-state index in [1.807, 2.05) is 19.1 Å². The minimum Gasteiger partial charge on any atom is -0.426 e. The SMILES string of the molecule is CCOP(=O)(OCC)[C@H]1C(=O)Oc2ccccc2[C@@H]1C. The van der Waals surface area contributed by atoms with E-state index >= 15 is 0 Å². The van der Waals surface area contributed by atoms with Gasteiger partial charge in [0.25, 0.3) is 0 Å². The summed E-state index contributed by atoms with van der Waals surface area (Å²) in [5.74, 6) is -0.321. The van der Waals surface area contributed by atoms with Crippen LogP contribution in [0.15, 0.2) is 24.3 Å². The normalized spacial score (nSPS) is 22.2. The second-order valence-electron chi connectivity index (χ2n) is 4.57. The van der Waals surface area contributed by atoms with Crippen molar-refractivity contribution in [1.29, 1.82) is 0 Å². The highest BCUT2D eigenvalue weighted by atomic mass is 31.2. The minimum atomic E-state index is -3.54. The van der Waals surface area contributed by atoms with Crippen LogP contribution in [-0.2, 0) is 18.4 Å². The van der Waals surface area contributed by atoms with Crippen molar-refractivity contribution in [2.45, 2.75) is 32.3 Å². The largest absolute Gasteiger partial charge is 0.426 e. The predicted molar refractivity (Wildman–Crippen MR) is 75.1 cm³/mol. The van der Waals surface area contributed by atoms with Gasteiger partial charge in [0, 0.05) is 5.92 Å². The summed E-state index contributed by atoms with van der Waals surface area (Å²) >= 11 is 0. The monoisotopic (exact) mass is 298 g/mol. The van der Waals surface area contributed by atoms with Gasteiger partial charge in [-0.2, -0.15) is 0 Å². The first-order chi connectivity index (χ1) is 9.53. The zero-order valence-electron chi connectivity index (χ0n) is 11.9. The molecule has 0 saturated carbocycles. The van der Waals surface area contributed by atoms with Crippen LogP contribution < -0.4 is 4.74 Å². The topological polar surface area (TPSA) is 61.8 Å². The molecule has 1 aromatic carbocycles. The second-order valence-corrected chi connectivity index (χ2v) is 6.72. The Balaban J connectivity index is 2.41. The predicted octanol–water partition coefficient (Wildman–Crippen LogP) is 3.34. The lowest BCUT2D eigenvalue weighted by molar-refractivity contribution is -0.135. The molecular weight excluding hydrogens is 279 g/mol. The Morgan fingerprint density at radius 2 is 1.80 bits per heavy atom. The average Bonchev–Trinajstić information content (AvgIpc) is 2.39. The molecule has 0 radical (unpaired) electrons. The van der Waals surface area contributed by atoms with E-state index in [2.05, 4.69) is 0 Å². The molecule has 2 rings (SSSR count). The molecule has 1 heterocycles.